The van der Waals surface area contributed by atoms with Crippen LogP contribution in [-0.4, -0.2) is 144 Å². The quantitative estimate of drug-likeness (QED) is 0.0118. The zero-order valence-electron chi connectivity index (χ0n) is 63.6. The highest BCUT2D eigenvalue weighted by atomic mass is 32.1. The Bertz CT molecular complexity index is 5740. The first-order chi connectivity index (χ1) is 55.2. The van der Waals surface area contributed by atoms with Gasteiger partial charge >= 0.3 is 5.97 Å². The average molecular weight is 1580 g/mol. The number of fused-ring (bicyclic) bond motifs is 3. The molecule has 0 saturated carbocycles. The van der Waals surface area contributed by atoms with Gasteiger partial charge in [0.25, 0.3) is 28.5 Å². The number of hydrazine groups is 1. The number of hydrogen-bond donors (Lipinski definition) is 10. The number of aryl methyl sites for hydroxylation is 3. The van der Waals surface area contributed by atoms with E-state index in [0.717, 1.165) is 38.5 Å². The molecule has 0 aliphatic carbocycles. The lowest BCUT2D eigenvalue weighted by molar-refractivity contribution is -0.136. The summed E-state index contributed by atoms with van der Waals surface area (Å²) in [4.78, 5) is 103. The van der Waals surface area contributed by atoms with Crippen molar-refractivity contribution in [1.82, 2.24) is 61.3 Å². The topological polar surface area (TPSA) is 483 Å². The molecule has 9 heterocycles. The van der Waals surface area contributed by atoms with Gasteiger partial charge in [0.2, 0.25) is 0 Å². The van der Waals surface area contributed by atoms with E-state index in [9.17, 15) is 48.9 Å². The van der Waals surface area contributed by atoms with Gasteiger partial charge in [0.05, 0.1) is 101 Å². The molecule has 0 spiro atoms. The number of nitrogens with zero attached hydrogens (tertiary/aromatic N) is 7. The Morgan fingerprint density at radius 3 is 1.34 bits per heavy atom. The van der Waals surface area contributed by atoms with E-state index < -0.39 is 57.1 Å². The van der Waals surface area contributed by atoms with Crippen LogP contribution in [-0.2, 0) is 48.1 Å². The Hall–Kier alpha value is -13.8. The lowest BCUT2D eigenvalue weighted by Crippen LogP contribution is -2.35. The number of carbonyl (C=O) groups is 4. The van der Waals surface area contributed by atoms with Crippen molar-refractivity contribution in [3.8, 4) is 95.7 Å². The Morgan fingerprint density at radius 1 is 0.474 bits per heavy atom. The molecule has 11 N–H and O–H groups in total. The number of carbonyl (C=O) groups excluding carboxylic acids is 3. The molecule has 9 aromatic heterocycles. The summed E-state index contributed by atoms with van der Waals surface area (Å²) in [6.45, 7) is 5.70. The Morgan fingerprint density at radius 2 is 0.886 bits per heavy atom. The number of carboxylic acids is 1. The molecule has 114 heavy (non-hydrogen) atoms. The highest BCUT2D eigenvalue weighted by molar-refractivity contribution is 7.14. The molecule has 0 bridgehead atoms. The highest BCUT2D eigenvalue weighted by Gasteiger charge is 2.32. The van der Waals surface area contributed by atoms with Crippen LogP contribution in [0.1, 0.15) is 119 Å². The number of nitrogens with two attached hydrogens (primary N) is 1. The summed E-state index contributed by atoms with van der Waals surface area (Å²) < 4.78 is 48.4. The second kappa shape index (κ2) is 38.7. The predicted octanol–water partition coefficient (Wildman–Crippen LogP) is 11.1. The number of methoxy groups -OCH3 is 6. The maximum Gasteiger partial charge on any atom is 0.309 e. The van der Waals surface area contributed by atoms with E-state index in [1.54, 1.807) is 124 Å². The number of amides is 2. The minimum absolute atomic E-state index is 0.0371. The van der Waals surface area contributed by atoms with Crippen LogP contribution in [0.4, 0.5) is 0 Å². The van der Waals surface area contributed by atoms with Gasteiger partial charge in [-0.25, -0.2) is 5.84 Å². The van der Waals surface area contributed by atoms with E-state index in [0.29, 0.717) is 155 Å². The summed E-state index contributed by atoms with van der Waals surface area (Å²) >= 11 is 1.19. The molecule has 0 aliphatic rings. The summed E-state index contributed by atoms with van der Waals surface area (Å²) in [5, 5.41) is 66.4. The molecule has 34 heteroatoms. The first-order valence-electron chi connectivity index (χ1n) is 35.9. The molecular formula is C80H83N13O20S. The van der Waals surface area contributed by atoms with Crippen molar-refractivity contribution in [1.29, 1.82) is 0 Å². The van der Waals surface area contributed by atoms with Crippen molar-refractivity contribution in [2.75, 3.05) is 49.2 Å². The molecule has 0 saturated heterocycles. The van der Waals surface area contributed by atoms with E-state index in [2.05, 4.69) is 62.8 Å². The minimum atomic E-state index is -0.944. The SMILES string of the molecule is CCCCc1[nH]c(=O)c(-c2nnc(Cc3noc4cccnc34)s2)c(O)c1-c1c(OC)cccc1OC.CCCCc1[nH]c(=O)c(C(=O)NCC(=O)Cc2noc3ccccc23)c(O)c1-c1c(OC)cccc1OC.CCCCc1[nH]c(=O)c(C(=O)NN)c(O)c1-c1c(OC)cccc1OC.O=C(O)Cc1noc2cccnc12. The van der Waals surface area contributed by atoms with Gasteiger partial charge in [-0.2, -0.15) is 0 Å². The van der Waals surface area contributed by atoms with Gasteiger partial charge in [-0.3, -0.25) is 49.0 Å². The van der Waals surface area contributed by atoms with Crippen molar-refractivity contribution in [2.24, 2.45) is 5.84 Å². The number of ether oxygens (including phenoxy) is 6. The predicted molar refractivity (Wildman–Crippen MR) is 421 cm³/mol. The fourth-order valence-corrected chi connectivity index (χ4v) is 13.4. The van der Waals surface area contributed by atoms with E-state index >= 15 is 0 Å². The zero-order chi connectivity index (χ0) is 81.7. The summed E-state index contributed by atoms with van der Waals surface area (Å²) in [6.07, 6.45) is 9.81. The number of unbranched alkanes of at least 4 members (excludes halogenated alkanes) is 3. The van der Waals surface area contributed by atoms with Gasteiger partial charge in [-0.05, 0) is 111 Å². The number of aromatic nitrogens is 10. The molecular weight excluding hydrogens is 1500 g/mol. The van der Waals surface area contributed by atoms with Gasteiger partial charge in [0, 0.05) is 41.3 Å². The molecule has 0 radical (unpaired) electrons. The third kappa shape index (κ3) is 18.5. The number of benzene rings is 4. The Labute approximate surface area is 653 Å². The summed E-state index contributed by atoms with van der Waals surface area (Å²) in [5.41, 5.74) is 7.16. The van der Waals surface area contributed by atoms with Crippen LogP contribution in [0.5, 0.6) is 51.7 Å². The van der Waals surface area contributed by atoms with Crippen LogP contribution < -0.4 is 61.7 Å². The van der Waals surface area contributed by atoms with Crippen LogP contribution in [0.15, 0.2) is 143 Å². The third-order valence-corrected chi connectivity index (χ3v) is 18.9. The fourth-order valence-electron chi connectivity index (χ4n) is 12.5. The number of aromatic amines is 3. The zero-order valence-corrected chi connectivity index (χ0v) is 64.4. The number of aliphatic carboxylic acids is 1. The van der Waals surface area contributed by atoms with Gasteiger partial charge in [0.1, 0.15) is 95.9 Å². The number of ketones is 1. The number of hydrogen-bond acceptors (Lipinski definition) is 28. The number of carboxylic acid groups (broad SMARTS) is 1. The molecule has 0 atom stereocenters. The van der Waals surface area contributed by atoms with Crippen molar-refractivity contribution in [2.45, 2.75) is 97.8 Å². The number of Topliss-reactive ketones (excluding diaryl/α,β-unsaturated/α-hetero) is 1. The van der Waals surface area contributed by atoms with Crippen LogP contribution in [0.2, 0.25) is 0 Å². The Kier molecular flexibility index (Phi) is 28.1. The number of pyridine rings is 5. The first kappa shape index (κ1) is 82.7. The number of aromatic hydroxyl groups is 3. The monoisotopic (exact) mass is 1580 g/mol. The first-order valence-corrected chi connectivity index (χ1v) is 36.7. The third-order valence-electron chi connectivity index (χ3n) is 17.9. The van der Waals surface area contributed by atoms with Crippen molar-refractivity contribution in [3.63, 3.8) is 0 Å². The number of nitrogens with one attached hydrogen (secondary N) is 5. The van der Waals surface area contributed by atoms with Crippen molar-refractivity contribution < 1.29 is 81.6 Å². The largest absolute Gasteiger partial charge is 0.506 e. The van der Waals surface area contributed by atoms with Crippen molar-refractivity contribution >= 4 is 68.1 Å². The molecule has 13 aromatic rings. The van der Waals surface area contributed by atoms with E-state index in [-0.39, 0.29) is 52.6 Å². The molecule has 0 fully saturated rings. The van der Waals surface area contributed by atoms with E-state index in [1.165, 1.54) is 39.8 Å². The Balaban J connectivity index is 0.000000170. The molecule has 0 aliphatic heterocycles. The van der Waals surface area contributed by atoms with Crippen LogP contribution in [0.3, 0.4) is 0 Å². The molecule has 13 rings (SSSR count). The second-order valence-electron chi connectivity index (χ2n) is 25.2. The van der Waals surface area contributed by atoms with Gasteiger partial charge < -0.3 is 82.7 Å². The van der Waals surface area contributed by atoms with Gasteiger partial charge in [-0.1, -0.05) is 97.2 Å². The normalized spacial score (nSPS) is 10.9. The number of para-hydroxylation sites is 1. The summed E-state index contributed by atoms with van der Waals surface area (Å²) in [5.74, 6) is 3.57. The van der Waals surface area contributed by atoms with Crippen LogP contribution in [0.25, 0.3) is 77.1 Å². The second-order valence-corrected chi connectivity index (χ2v) is 26.3. The van der Waals surface area contributed by atoms with Crippen molar-refractivity contribution in [3.05, 3.63) is 197 Å². The lowest BCUT2D eigenvalue weighted by atomic mass is 9.95. The van der Waals surface area contributed by atoms with Crippen LogP contribution in [0, 0.1) is 0 Å². The maximum absolute atomic E-state index is 13.2. The lowest BCUT2D eigenvalue weighted by Gasteiger charge is -2.19. The van der Waals surface area contributed by atoms with E-state index in [1.807, 2.05) is 25.3 Å². The van der Waals surface area contributed by atoms with Gasteiger partial charge in [-0.15, -0.1) is 10.2 Å². The summed E-state index contributed by atoms with van der Waals surface area (Å²) in [7, 11) is 9.02. The fraction of sp³-hybridized carbons (Fsp3) is 0.275. The maximum atomic E-state index is 13.2. The molecule has 4 aromatic carbocycles. The minimum Gasteiger partial charge on any atom is -0.506 e. The molecule has 33 nitrogen and oxygen atoms in total. The number of rotatable bonds is 29. The number of H-pyrrole nitrogens is 3. The molecule has 2 amide bonds. The molecule has 0 unspecified atom stereocenters. The number of nitrogen functional groups attached to an aromatic ring is 1. The summed E-state index contributed by atoms with van der Waals surface area (Å²) in [6, 6.07) is 29.7. The smallest absolute Gasteiger partial charge is 0.309 e. The van der Waals surface area contributed by atoms with Gasteiger partial charge in [0.15, 0.2) is 27.5 Å². The molecule has 594 valence electrons. The highest BCUT2D eigenvalue weighted by Crippen LogP contribution is 2.49. The van der Waals surface area contributed by atoms with Crippen LogP contribution >= 0.6 is 11.3 Å². The van der Waals surface area contributed by atoms with E-state index in [4.69, 9.17) is 52.9 Å². The standard InChI is InChI=1S/C28H29N3O7.C26H25N5O5S.C18H23N3O5.C8H6N2O3/c1-4-5-10-18-23(24-21(36-2)12-8-13-22(24)37-3)26(33)25(28(35)30-18)27(34)29-15-16(32)14-19-17-9-6-7-11-20(17)38-31-19;1-4-5-8-14-20(21-16(34-2)9-6-10-17(21)35-3)24(32)22(25(33)28-14)26-30-29-19(37-26)13-15-23-18(36-31-15)11-7-12-27-23;1-4-5-7-10-13(14-11(25-2)8-6-9-12(14)26-3)16(22)15(17(23)20-10)18(24)21-19;11-7(12)4-5-8-6(13-10-5)2-1-3-9-8/h6-9,11-13H,4-5,10,14-15H2,1-3H3,(H,29,34)(H2,30,33,35);6-7,9-12H,4-5,8,13H2,1-3H3,(H2,28,32,33);6,8-9H,4-5,7,19H2,1-3H3,(H,21,24)(H2,20,22,23);1-3H,4H2,(H,11,12). The average Bonchev–Trinajstić information content (AvgIpc) is 1.14.